The smallest absolute Gasteiger partial charge is 0.255 e. The summed E-state index contributed by atoms with van der Waals surface area (Å²) in [6.07, 6.45) is 8.01. The van der Waals surface area contributed by atoms with Crippen molar-refractivity contribution >= 4 is 11.5 Å². The van der Waals surface area contributed by atoms with Crippen molar-refractivity contribution in [2.24, 2.45) is 0 Å². The van der Waals surface area contributed by atoms with E-state index < -0.39 is 0 Å². The van der Waals surface area contributed by atoms with E-state index in [1.807, 2.05) is 23.0 Å². The maximum atomic E-state index is 12.9. The number of anilines is 1. The Morgan fingerprint density at radius 3 is 2.78 bits per heavy atom. The lowest BCUT2D eigenvalue weighted by molar-refractivity contribution is 0.122. The first kappa shape index (κ1) is 19.9. The molecule has 8 nitrogen and oxygen atoms in total. The van der Waals surface area contributed by atoms with Crippen LogP contribution in [0.3, 0.4) is 0 Å². The molecule has 168 valence electrons. The molecule has 0 atom stereocenters. The van der Waals surface area contributed by atoms with Gasteiger partial charge in [-0.2, -0.15) is 5.10 Å². The van der Waals surface area contributed by atoms with Crippen molar-refractivity contribution in [3.8, 4) is 0 Å². The first-order valence-corrected chi connectivity index (χ1v) is 11.7. The number of aryl methyl sites for hydroxylation is 1. The summed E-state index contributed by atoms with van der Waals surface area (Å²) >= 11 is 0. The molecule has 3 aromatic rings. The number of rotatable bonds is 3. The topological polar surface area (TPSA) is 78.8 Å². The Morgan fingerprint density at radius 2 is 1.97 bits per heavy atom. The van der Waals surface area contributed by atoms with Gasteiger partial charge in [0.15, 0.2) is 0 Å². The third-order valence-electron chi connectivity index (χ3n) is 7.69. The predicted molar refractivity (Wildman–Crippen MR) is 122 cm³/mol. The summed E-state index contributed by atoms with van der Waals surface area (Å²) in [4.78, 5) is 25.6. The van der Waals surface area contributed by atoms with Crippen LogP contribution < -0.4 is 10.5 Å². The fourth-order valence-corrected chi connectivity index (χ4v) is 5.84. The van der Waals surface area contributed by atoms with Crippen LogP contribution in [0, 0.1) is 6.92 Å². The summed E-state index contributed by atoms with van der Waals surface area (Å²) < 4.78 is 7.45. The fraction of sp³-hybridized carbons (Fsp3) is 0.542. The maximum Gasteiger partial charge on any atom is 0.255 e. The van der Waals surface area contributed by atoms with Gasteiger partial charge in [0.05, 0.1) is 30.6 Å². The number of aromatic amines is 1. The monoisotopic (exact) mass is 434 g/mol. The van der Waals surface area contributed by atoms with Gasteiger partial charge in [-0.1, -0.05) is 6.07 Å². The molecule has 0 unspecified atom stereocenters. The van der Waals surface area contributed by atoms with Gasteiger partial charge >= 0.3 is 0 Å². The van der Waals surface area contributed by atoms with Gasteiger partial charge in [0.2, 0.25) is 5.95 Å². The van der Waals surface area contributed by atoms with Crippen molar-refractivity contribution in [1.29, 1.82) is 0 Å². The second-order valence-electron chi connectivity index (χ2n) is 9.53. The van der Waals surface area contributed by atoms with Crippen LogP contribution >= 0.6 is 0 Å². The molecule has 0 bridgehead atoms. The third kappa shape index (κ3) is 3.24. The molecule has 3 aromatic heterocycles. The molecule has 1 spiro atoms. The van der Waals surface area contributed by atoms with Crippen LogP contribution in [0.1, 0.15) is 41.6 Å². The normalized spacial score (nSPS) is 20.8. The Morgan fingerprint density at radius 1 is 1.16 bits per heavy atom. The van der Waals surface area contributed by atoms with Crippen LogP contribution in [0.5, 0.6) is 0 Å². The third-order valence-corrected chi connectivity index (χ3v) is 7.69. The van der Waals surface area contributed by atoms with Crippen molar-refractivity contribution < 1.29 is 4.74 Å². The number of H-pyrrole nitrogens is 1. The van der Waals surface area contributed by atoms with Gasteiger partial charge in [-0.05, 0) is 57.3 Å². The summed E-state index contributed by atoms with van der Waals surface area (Å²) in [5.41, 5.74) is 5.84. The number of hydrogen-bond acceptors (Lipinski definition) is 6. The molecule has 1 N–H and O–H groups in total. The Kier molecular flexibility index (Phi) is 4.80. The zero-order valence-electron chi connectivity index (χ0n) is 18.6. The molecule has 2 aliphatic heterocycles. The Bertz CT molecular complexity index is 1200. The molecule has 0 saturated carbocycles. The molecule has 32 heavy (non-hydrogen) atoms. The lowest BCUT2D eigenvalue weighted by atomic mass is 9.76. The van der Waals surface area contributed by atoms with Gasteiger partial charge in [0, 0.05) is 42.4 Å². The molecule has 1 aliphatic carbocycles. The summed E-state index contributed by atoms with van der Waals surface area (Å²) in [6.45, 7) is 8.03. The van der Waals surface area contributed by atoms with Crippen molar-refractivity contribution in [3.05, 3.63) is 57.3 Å². The number of pyridine rings is 1. The van der Waals surface area contributed by atoms with Gasteiger partial charge < -0.3 is 9.64 Å². The zero-order valence-corrected chi connectivity index (χ0v) is 18.6. The van der Waals surface area contributed by atoms with E-state index in [2.05, 4.69) is 32.9 Å². The van der Waals surface area contributed by atoms with E-state index in [0.717, 1.165) is 75.6 Å². The highest BCUT2D eigenvalue weighted by atomic mass is 16.5. The van der Waals surface area contributed by atoms with E-state index in [-0.39, 0.29) is 11.0 Å². The average Bonchev–Trinajstić information content (AvgIpc) is 3.39. The van der Waals surface area contributed by atoms with Crippen LogP contribution in [0.2, 0.25) is 0 Å². The Hall–Kier alpha value is -2.71. The van der Waals surface area contributed by atoms with E-state index in [4.69, 9.17) is 9.72 Å². The van der Waals surface area contributed by atoms with Gasteiger partial charge in [-0.25, -0.2) is 9.50 Å². The van der Waals surface area contributed by atoms with Crippen molar-refractivity contribution in [2.75, 3.05) is 44.3 Å². The maximum absolute atomic E-state index is 12.9. The summed E-state index contributed by atoms with van der Waals surface area (Å²) in [5, 5.41) is 4.54. The number of aromatic nitrogens is 4. The number of nitrogens with zero attached hydrogens (tertiary/aromatic N) is 5. The minimum atomic E-state index is 0.0398. The predicted octanol–water partition coefficient (Wildman–Crippen LogP) is 2.04. The first-order chi connectivity index (χ1) is 15.6. The van der Waals surface area contributed by atoms with Crippen LogP contribution in [-0.4, -0.2) is 63.9 Å². The van der Waals surface area contributed by atoms with Crippen molar-refractivity contribution in [3.63, 3.8) is 0 Å². The van der Waals surface area contributed by atoms with Gasteiger partial charge in [0.25, 0.3) is 5.56 Å². The molecule has 0 radical (unpaired) electrons. The van der Waals surface area contributed by atoms with E-state index in [0.29, 0.717) is 13.2 Å². The highest BCUT2D eigenvalue weighted by molar-refractivity contribution is 5.59. The Balaban J connectivity index is 1.22. The standard InChI is InChI=1S/C24H30N6O2/c1-17-3-2-8-30-20(17)18(15-25-30)16-28-9-6-24(7-10-28)5-4-19-21(24)26-23(27-22(19)31)29-11-13-32-14-12-29/h2-3,8,15H,4-7,9-14,16H2,1H3,(H,26,27,31). The quantitative estimate of drug-likeness (QED) is 0.680. The summed E-state index contributed by atoms with van der Waals surface area (Å²) in [7, 11) is 0. The summed E-state index contributed by atoms with van der Waals surface area (Å²) in [6, 6.07) is 4.19. The van der Waals surface area contributed by atoms with E-state index in [1.54, 1.807) is 0 Å². The molecule has 2 saturated heterocycles. The van der Waals surface area contributed by atoms with Crippen LogP contribution in [-0.2, 0) is 23.1 Å². The van der Waals surface area contributed by atoms with Crippen LogP contribution in [0.4, 0.5) is 5.95 Å². The molecule has 2 fully saturated rings. The van der Waals surface area contributed by atoms with Crippen LogP contribution in [0.25, 0.3) is 5.52 Å². The second-order valence-corrected chi connectivity index (χ2v) is 9.53. The average molecular weight is 435 g/mol. The SMILES string of the molecule is Cc1cccn2ncc(CN3CCC4(CCc5c4nc(N4CCOCC4)[nH]c5=O)CC3)c12. The molecule has 5 heterocycles. The highest BCUT2D eigenvalue weighted by Gasteiger charge is 2.44. The van der Waals surface area contributed by atoms with Gasteiger partial charge in [-0.3, -0.25) is 14.7 Å². The van der Waals surface area contributed by atoms with Crippen molar-refractivity contribution in [1.82, 2.24) is 24.5 Å². The number of piperidine rings is 1. The van der Waals surface area contributed by atoms with E-state index in [9.17, 15) is 4.79 Å². The number of likely N-dealkylation sites (tertiary alicyclic amines) is 1. The lowest BCUT2D eigenvalue weighted by Crippen LogP contribution is -2.43. The van der Waals surface area contributed by atoms with E-state index >= 15 is 0 Å². The van der Waals surface area contributed by atoms with E-state index in [1.165, 1.54) is 16.6 Å². The molecular formula is C24H30N6O2. The number of hydrogen-bond donors (Lipinski definition) is 1. The number of ether oxygens (including phenoxy) is 1. The minimum Gasteiger partial charge on any atom is -0.378 e. The molecular weight excluding hydrogens is 404 g/mol. The number of morpholine rings is 1. The molecule has 0 amide bonds. The zero-order chi connectivity index (χ0) is 21.7. The van der Waals surface area contributed by atoms with Crippen LogP contribution in [0.15, 0.2) is 29.3 Å². The second kappa shape index (κ2) is 7.71. The summed E-state index contributed by atoms with van der Waals surface area (Å²) in [5.74, 6) is 0.725. The van der Waals surface area contributed by atoms with Gasteiger partial charge in [0.1, 0.15) is 0 Å². The minimum absolute atomic E-state index is 0.0398. The molecule has 3 aliphatic rings. The number of fused-ring (bicyclic) bond motifs is 3. The lowest BCUT2D eigenvalue weighted by Gasteiger charge is -2.39. The largest absolute Gasteiger partial charge is 0.378 e. The molecule has 0 aromatic carbocycles. The van der Waals surface area contributed by atoms with Gasteiger partial charge in [-0.15, -0.1) is 0 Å². The Labute approximate surface area is 187 Å². The highest BCUT2D eigenvalue weighted by Crippen LogP contribution is 2.44. The first-order valence-electron chi connectivity index (χ1n) is 11.7. The van der Waals surface area contributed by atoms with Crippen molar-refractivity contribution in [2.45, 2.75) is 44.6 Å². The fourth-order valence-electron chi connectivity index (χ4n) is 5.84. The molecule has 8 heteroatoms. The number of nitrogens with one attached hydrogen (secondary N) is 1. The molecule has 6 rings (SSSR count).